The van der Waals surface area contributed by atoms with Gasteiger partial charge in [0.1, 0.15) is 16.9 Å². The third-order valence-corrected chi connectivity index (χ3v) is 20.6. The van der Waals surface area contributed by atoms with Crippen molar-refractivity contribution in [3.05, 3.63) is 353 Å². The van der Waals surface area contributed by atoms with E-state index >= 15 is 0 Å². The van der Waals surface area contributed by atoms with Crippen molar-refractivity contribution in [2.45, 2.75) is 136 Å². The lowest BCUT2D eigenvalue weighted by atomic mass is 9.81. The topological polar surface area (TPSA) is 193 Å². The summed E-state index contributed by atoms with van der Waals surface area (Å²) in [5.74, 6) is 1.44. The average molecular weight is 1460 g/mol. The second-order valence-electron chi connectivity index (χ2n) is 25.8. The Morgan fingerprint density at radius 3 is 1.68 bits per heavy atom. The van der Waals surface area contributed by atoms with Gasteiger partial charge in [0.05, 0.1) is 16.8 Å². The number of hydrogen-bond donors (Lipinski definition) is 0. The number of unbranched alkanes of at least 4 members (excludes halogenated alkanes) is 2. The van der Waals surface area contributed by atoms with E-state index in [-0.39, 0.29) is 5.78 Å². The van der Waals surface area contributed by atoms with Gasteiger partial charge < -0.3 is 13.5 Å². The number of hydrogen-bond acceptors (Lipinski definition) is 14. The van der Waals surface area contributed by atoms with Crippen LogP contribution in [0.4, 0.5) is 0 Å². The lowest BCUT2D eigenvalue weighted by Crippen LogP contribution is -2.12. The third kappa shape index (κ3) is 27.3. The molecule has 0 unspecified atom stereocenters. The van der Waals surface area contributed by atoms with Gasteiger partial charge in [0.15, 0.2) is 11.4 Å². The largest absolute Gasteiger partial charge is 0.462 e. The van der Waals surface area contributed by atoms with E-state index < -0.39 is 7.60 Å². The molecular formula is C91H97ClN9O5P. The summed E-state index contributed by atoms with van der Waals surface area (Å²) >= 11 is 6.01. The highest BCUT2D eigenvalue weighted by molar-refractivity contribution is 7.62. The molecule has 548 valence electrons. The Hall–Kier alpha value is -10.8. The van der Waals surface area contributed by atoms with E-state index in [1.165, 1.54) is 167 Å². The first-order valence-corrected chi connectivity index (χ1v) is 38.6. The average Bonchev–Trinajstić information content (AvgIpc) is 1.73. The number of aromatic nitrogens is 8. The molecule has 9 aromatic heterocycles. The van der Waals surface area contributed by atoms with Gasteiger partial charge in [0, 0.05) is 130 Å². The smallest absolute Gasteiger partial charge is 0.364 e. The van der Waals surface area contributed by atoms with Crippen molar-refractivity contribution in [3.63, 3.8) is 0 Å². The molecule has 14 nitrogen and oxygen atoms in total. The molecule has 0 radical (unpaired) electrons. The van der Waals surface area contributed by atoms with Crippen LogP contribution in [0.2, 0.25) is 5.02 Å². The highest BCUT2D eigenvalue weighted by Crippen LogP contribution is 2.46. The zero-order valence-corrected chi connectivity index (χ0v) is 63.9. The lowest BCUT2D eigenvalue weighted by Gasteiger charge is -2.23. The van der Waals surface area contributed by atoms with Gasteiger partial charge in [-0.3, -0.25) is 49.2 Å². The number of ketones is 1. The molecule has 0 saturated heterocycles. The zero-order chi connectivity index (χ0) is 75.5. The summed E-state index contributed by atoms with van der Waals surface area (Å²) < 4.78 is 27.1. The van der Waals surface area contributed by atoms with Crippen LogP contribution in [-0.4, -0.2) is 59.9 Å². The maximum absolute atomic E-state index is 12.7. The Morgan fingerprint density at radius 2 is 1.07 bits per heavy atom. The fourth-order valence-electron chi connectivity index (χ4n) is 12.2. The predicted octanol–water partition coefficient (Wildman–Crippen LogP) is 22.9. The summed E-state index contributed by atoms with van der Waals surface area (Å²) in [7, 11) is -0.614. The van der Waals surface area contributed by atoms with Gasteiger partial charge in [0.25, 0.3) is 0 Å². The van der Waals surface area contributed by atoms with Gasteiger partial charge >= 0.3 is 7.60 Å². The van der Waals surface area contributed by atoms with Crippen LogP contribution in [0.3, 0.4) is 0 Å². The molecule has 0 aliphatic heterocycles. The first-order valence-electron chi connectivity index (χ1n) is 36.6. The number of nitrogens with zero attached hydrogens (tertiary/aromatic N) is 9. The van der Waals surface area contributed by atoms with Crippen LogP contribution < -0.4 is 5.30 Å². The summed E-state index contributed by atoms with van der Waals surface area (Å²) in [5, 5.41) is 10.1. The molecule has 4 aromatic carbocycles. The Kier molecular flexibility index (Phi) is 35.4. The van der Waals surface area contributed by atoms with Gasteiger partial charge in [-0.2, -0.15) is 5.26 Å². The van der Waals surface area contributed by atoms with Crippen molar-refractivity contribution in [2.75, 3.05) is 14.2 Å². The molecule has 9 heterocycles. The third-order valence-electron chi connectivity index (χ3n) is 18.4. The molecular weight excluding hydrogens is 1370 g/mol. The van der Waals surface area contributed by atoms with Crippen molar-refractivity contribution < 1.29 is 22.8 Å². The number of nitriles is 1. The van der Waals surface area contributed by atoms with Crippen LogP contribution in [0, 0.1) is 32.1 Å². The van der Waals surface area contributed by atoms with Gasteiger partial charge in [-0.05, 0) is 200 Å². The number of pyridine rings is 8. The highest BCUT2D eigenvalue weighted by Gasteiger charge is 2.29. The van der Waals surface area contributed by atoms with Gasteiger partial charge in [-0.1, -0.05) is 191 Å². The van der Waals surface area contributed by atoms with Crippen molar-refractivity contribution >= 4 is 41.4 Å². The van der Waals surface area contributed by atoms with E-state index in [0.717, 1.165) is 45.2 Å². The number of fused-ring (bicyclic) bond motifs is 1. The number of carbonyl (C=O) groups excluding carboxylic acids is 1. The van der Waals surface area contributed by atoms with Crippen molar-refractivity contribution in [1.82, 2.24) is 39.9 Å². The fraction of sp³-hybridized carbons (Fsp3) is 0.253. The lowest BCUT2D eigenvalue weighted by molar-refractivity contribution is 0.103. The molecule has 0 bridgehead atoms. The van der Waals surface area contributed by atoms with Crippen LogP contribution in [0.5, 0.6) is 0 Å². The number of aryl methyl sites for hydroxylation is 4. The molecule has 0 amide bonds. The van der Waals surface area contributed by atoms with Crippen molar-refractivity contribution in [1.29, 1.82) is 5.26 Å². The summed E-state index contributed by atoms with van der Waals surface area (Å²) in [6.07, 6.45) is 47.4. The second kappa shape index (κ2) is 46.2. The Bertz CT molecular complexity index is 4670. The predicted molar refractivity (Wildman–Crippen MR) is 434 cm³/mol. The number of carbonyl (C=O) groups is 1. The van der Waals surface area contributed by atoms with Crippen LogP contribution in [0.1, 0.15) is 168 Å². The maximum Gasteiger partial charge on any atom is 0.364 e. The molecule has 107 heavy (non-hydrogen) atoms. The minimum absolute atomic E-state index is 0.0965. The molecule has 0 N–H and O–H groups in total. The number of furan rings is 1. The Morgan fingerprint density at radius 1 is 0.523 bits per heavy atom. The van der Waals surface area contributed by atoms with Crippen molar-refractivity contribution in [3.8, 4) is 28.3 Å². The zero-order valence-electron chi connectivity index (χ0n) is 62.3. The molecule has 2 aliphatic carbocycles. The summed E-state index contributed by atoms with van der Waals surface area (Å²) in [5.41, 5.74) is 17.9. The molecule has 2 saturated carbocycles. The Labute approximate surface area is 637 Å². The van der Waals surface area contributed by atoms with Gasteiger partial charge in [0.2, 0.25) is 0 Å². The summed E-state index contributed by atoms with van der Waals surface area (Å²) in [4.78, 5) is 44.7. The molecule has 0 atom stereocenters. The SMILES string of the molecule is CCCCCc1ccncc1.COP(=O)(OC)c1ccnc2ccoc12.Cc1ccc(-c2ccncc2C#N)cc1.Cc1ccncc1C.Clc1cnccc1Cc1ccccc1.O=C(c1ccccc1)c1cnccc1C1CCCCC1.c1cc(C2CCCCC2)ccn1.c1ccc(-c2ccncc2)cc1. The van der Waals surface area contributed by atoms with Crippen LogP contribution in [-0.2, 0) is 26.5 Å². The number of halogens is 1. The first-order chi connectivity index (χ1) is 52.4. The highest BCUT2D eigenvalue weighted by atomic mass is 35.5. The maximum atomic E-state index is 12.7. The normalized spacial score (nSPS) is 12.3. The molecule has 13 aromatic rings. The van der Waals surface area contributed by atoms with Crippen LogP contribution in [0.25, 0.3) is 33.4 Å². The van der Waals surface area contributed by atoms with E-state index in [2.05, 4.69) is 115 Å². The van der Waals surface area contributed by atoms with E-state index in [9.17, 15) is 9.36 Å². The quantitative estimate of drug-likeness (QED) is 0.0534. The number of rotatable bonds is 15. The van der Waals surface area contributed by atoms with Gasteiger partial charge in [-0.25, -0.2) is 0 Å². The van der Waals surface area contributed by atoms with E-state index in [1.807, 2.05) is 190 Å². The minimum atomic E-state index is -3.28. The second-order valence-corrected chi connectivity index (χ2v) is 28.5. The summed E-state index contributed by atoms with van der Waals surface area (Å²) in [6, 6.07) is 63.9. The molecule has 16 heteroatoms. The minimum Gasteiger partial charge on any atom is -0.462 e. The molecule has 2 aliphatic rings. The Balaban J connectivity index is 0.000000156. The first kappa shape index (κ1) is 81.9. The molecule has 15 rings (SSSR count). The number of benzene rings is 4. The van der Waals surface area contributed by atoms with E-state index in [4.69, 9.17) is 30.3 Å². The molecule has 2 fully saturated rings. The monoisotopic (exact) mass is 1460 g/mol. The van der Waals surface area contributed by atoms with Crippen LogP contribution >= 0.6 is 19.2 Å². The fourth-order valence-corrected chi connectivity index (χ4v) is 13.6. The van der Waals surface area contributed by atoms with Crippen LogP contribution in [0.15, 0.2) is 292 Å². The van der Waals surface area contributed by atoms with E-state index in [1.54, 1.807) is 43.1 Å². The molecule has 0 spiro atoms. The summed E-state index contributed by atoms with van der Waals surface area (Å²) in [6.45, 7) is 8.41. The van der Waals surface area contributed by atoms with Gasteiger partial charge in [-0.15, -0.1) is 0 Å². The van der Waals surface area contributed by atoms with Crippen molar-refractivity contribution in [2.24, 2.45) is 0 Å². The standard InChI is InChI=1S/C18H19NO.C13H10N2.C12H10ClN.C11H15N.C11H9N.C10H15N.C9H10NO4P.C7H9N/c20-18(15-9-5-2-6-10-15)17-13-19-12-11-16(17)14-7-3-1-4-8-14;1-10-2-4-11(5-3-10)13-6-7-15-9-12(13)8-14;13-12-9-14-7-6-11(12)8-10-4-2-1-3-5-10;2*1-2-4-10(5-3-1)11-6-8-12-9-7-11;1-2-3-4-5-10-6-8-11-9-7-10;1-12-15(11,13-2)8-3-5-10-7-4-6-14-9(7)8;1-6-3-4-8-5-7(6)2/h2,5-6,9-14H,1,3-4,7-8H2;2-7,9H,1H3;1-7,9H,8H2;6-10H,1-5H2;1-9H;6-9H,2-5H2,1H3;3-6H,1-2H3;3-5H,1-2H3. The van der Waals surface area contributed by atoms with E-state index in [0.29, 0.717) is 27.9 Å².